The van der Waals surface area contributed by atoms with E-state index in [0.717, 1.165) is 42.4 Å². The summed E-state index contributed by atoms with van der Waals surface area (Å²) in [7, 11) is 0. The van der Waals surface area contributed by atoms with Crippen LogP contribution in [0.1, 0.15) is 99.3 Å². The van der Waals surface area contributed by atoms with E-state index in [1.807, 2.05) is 5.57 Å². The standard InChI is InChI=1S/C29H48O/c1-7-21(19(2)3)9-8-20(4)25-12-13-26-24-11-10-22-18-23(30)14-16-28(22,5)27(24)15-17-29(25,26)6/h8-9,11,19-23,25-27,30H,7,10,12-18H2,1-6H3/b9-8+/t20-,21-,22+,23-,25-,26-,27-,28+,29-/m1/s1. The summed E-state index contributed by atoms with van der Waals surface area (Å²) < 4.78 is 0. The molecule has 0 aliphatic heterocycles. The predicted octanol–water partition coefficient (Wildman–Crippen LogP) is 7.80. The van der Waals surface area contributed by atoms with Crippen molar-refractivity contribution in [1.82, 2.24) is 0 Å². The zero-order valence-corrected chi connectivity index (χ0v) is 20.7. The van der Waals surface area contributed by atoms with Gasteiger partial charge in [0.15, 0.2) is 0 Å². The molecule has 0 aromatic carbocycles. The number of fused-ring (bicyclic) bond motifs is 5. The molecule has 30 heavy (non-hydrogen) atoms. The summed E-state index contributed by atoms with van der Waals surface area (Å²) in [5.74, 6) is 5.32. The van der Waals surface area contributed by atoms with E-state index in [-0.39, 0.29) is 6.10 Å². The van der Waals surface area contributed by atoms with E-state index >= 15 is 0 Å². The smallest absolute Gasteiger partial charge is 0.0543 e. The van der Waals surface area contributed by atoms with Gasteiger partial charge >= 0.3 is 0 Å². The summed E-state index contributed by atoms with van der Waals surface area (Å²) in [4.78, 5) is 0. The van der Waals surface area contributed by atoms with Gasteiger partial charge in [-0.25, -0.2) is 0 Å². The van der Waals surface area contributed by atoms with Crippen LogP contribution in [0.2, 0.25) is 0 Å². The highest BCUT2D eigenvalue weighted by Gasteiger charge is 2.57. The molecule has 1 N–H and O–H groups in total. The van der Waals surface area contributed by atoms with Gasteiger partial charge in [0, 0.05) is 0 Å². The molecule has 0 spiro atoms. The van der Waals surface area contributed by atoms with E-state index in [0.29, 0.717) is 22.7 Å². The average molecular weight is 413 g/mol. The summed E-state index contributed by atoms with van der Waals surface area (Å²) in [5.41, 5.74) is 2.79. The maximum absolute atomic E-state index is 10.3. The van der Waals surface area contributed by atoms with Crippen LogP contribution in [0.15, 0.2) is 23.8 Å². The number of aliphatic hydroxyl groups excluding tert-OH is 1. The molecular formula is C29H48O. The van der Waals surface area contributed by atoms with Crippen LogP contribution in [0, 0.1) is 52.3 Å². The van der Waals surface area contributed by atoms with Gasteiger partial charge in [-0.2, -0.15) is 0 Å². The molecule has 3 fully saturated rings. The molecule has 0 radical (unpaired) electrons. The Balaban J connectivity index is 1.53. The highest BCUT2D eigenvalue weighted by molar-refractivity contribution is 5.28. The Bertz CT molecular complexity index is 674. The topological polar surface area (TPSA) is 20.2 Å². The Morgan fingerprint density at radius 1 is 1.00 bits per heavy atom. The Morgan fingerprint density at radius 3 is 2.40 bits per heavy atom. The lowest BCUT2D eigenvalue weighted by Crippen LogP contribution is -2.49. The summed E-state index contributed by atoms with van der Waals surface area (Å²) in [6.07, 6.45) is 19.2. The van der Waals surface area contributed by atoms with E-state index < -0.39 is 0 Å². The van der Waals surface area contributed by atoms with E-state index in [1.165, 1.54) is 44.9 Å². The Hall–Kier alpha value is -0.560. The van der Waals surface area contributed by atoms with Gasteiger partial charge in [-0.05, 0) is 110 Å². The Kier molecular flexibility index (Phi) is 6.35. The first-order valence-corrected chi connectivity index (χ1v) is 13.3. The molecule has 0 saturated heterocycles. The summed E-state index contributed by atoms with van der Waals surface area (Å²) in [5, 5.41) is 10.3. The number of aliphatic hydroxyl groups is 1. The van der Waals surface area contributed by atoms with E-state index in [4.69, 9.17) is 0 Å². The van der Waals surface area contributed by atoms with Crippen molar-refractivity contribution in [2.75, 3.05) is 0 Å². The van der Waals surface area contributed by atoms with Crippen molar-refractivity contribution in [2.45, 2.75) is 105 Å². The van der Waals surface area contributed by atoms with Crippen LogP contribution < -0.4 is 0 Å². The minimum atomic E-state index is -0.0480. The van der Waals surface area contributed by atoms with Gasteiger partial charge in [-0.1, -0.05) is 65.3 Å². The lowest BCUT2D eigenvalue weighted by Gasteiger charge is -2.57. The van der Waals surface area contributed by atoms with Crippen LogP contribution >= 0.6 is 0 Å². The summed E-state index contributed by atoms with van der Waals surface area (Å²) in [6, 6.07) is 0. The van der Waals surface area contributed by atoms with Gasteiger partial charge in [-0.15, -0.1) is 0 Å². The number of allylic oxidation sites excluding steroid dienone is 4. The molecule has 3 saturated carbocycles. The molecule has 1 heteroatoms. The van der Waals surface area contributed by atoms with Gasteiger partial charge in [0.2, 0.25) is 0 Å². The Labute approximate surface area is 186 Å². The number of rotatable bonds is 5. The van der Waals surface area contributed by atoms with Crippen molar-refractivity contribution >= 4 is 0 Å². The SMILES string of the molecule is CC[C@H](/C=C/[C@@H](C)[C@H]1CC[C@@H]2C3=CC[C@H]4C[C@H](O)CC[C@]4(C)[C@@H]3CC[C@@]21C)C(C)C. The Morgan fingerprint density at radius 2 is 1.70 bits per heavy atom. The van der Waals surface area contributed by atoms with Crippen molar-refractivity contribution in [2.24, 2.45) is 52.3 Å². The van der Waals surface area contributed by atoms with Gasteiger partial charge < -0.3 is 5.11 Å². The molecule has 0 aromatic heterocycles. The fourth-order valence-corrected chi connectivity index (χ4v) is 8.68. The van der Waals surface area contributed by atoms with Crippen molar-refractivity contribution in [3.05, 3.63) is 23.8 Å². The summed E-state index contributed by atoms with van der Waals surface area (Å²) in [6.45, 7) is 14.8. The molecule has 170 valence electrons. The minimum Gasteiger partial charge on any atom is -0.393 e. The average Bonchev–Trinajstić information content (AvgIpc) is 3.06. The second-order valence-corrected chi connectivity index (χ2v) is 12.5. The number of hydrogen-bond donors (Lipinski definition) is 1. The minimum absolute atomic E-state index is 0.0480. The highest BCUT2D eigenvalue weighted by Crippen LogP contribution is 2.66. The third-order valence-corrected chi connectivity index (χ3v) is 10.7. The first-order valence-electron chi connectivity index (χ1n) is 13.3. The van der Waals surface area contributed by atoms with Crippen molar-refractivity contribution in [3.63, 3.8) is 0 Å². The first kappa shape index (κ1) is 22.6. The molecule has 4 aliphatic carbocycles. The molecule has 9 atom stereocenters. The van der Waals surface area contributed by atoms with Crippen LogP contribution in [0.5, 0.6) is 0 Å². The molecule has 1 nitrogen and oxygen atoms in total. The number of hydrogen-bond acceptors (Lipinski definition) is 1. The lowest BCUT2D eigenvalue weighted by atomic mass is 9.47. The molecule has 4 rings (SSSR count). The molecule has 0 heterocycles. The monoisotopic (exact) mass is 412 g/mol. The first-order chi connectivity index (χ1) is 14.2. The quantitative estimate of drug-likeness (QED) is 0.457. The van der Waals surface area contributed by atoms with Gasteiger partial charge in [-0.3, -0.25) is 0 Å². The van der Waals surface area contributed by atoms with Crippen LogP contribution in [-0.4, -0.2) is 11.2 Å². The highest BCUT2D eigenvalue weighted by atomic mass is 16.3. The van der Waals surface area contributed by atoms with Crippen LogP contribution in [0.3, 0.4) is 0 Å². The second-order valence-electron chi connectivity index (χ2n) is 12.5. The second kappa shape index (κ2) is 8.42. The zero-order chi connectivity index (χ0) is 21.7. The van der Waals surface area contributed by atoms with Crippen LogP contribution in [-0.2, 0) is 0 Å². The van der Waals surface area contributed by atoms with E-state index in [1.54, 1.807) is 0 Å². The molecule has 0 amide bonds. The molecule has 0 unspecified atom stereocenters. The molecule has 0 aromatic rings. The third kappa shape index (κ3) is 3.66. The van der Waals surface area contributed by atoms with Crippen molar-refractivity contribution in [3.8, 4) is 0 Å². The van der Waals surface area contributed by atoms with Crippen molar-refractivity contribution in [1.29, 1.82) is 0 Å². The molecular weight excluding hydrogens is 364 g/mol. The van der Waals surface area contributed by atoms with Crippen LogP contribution in [0.4, 0.5) is 0 Å². The van der Waals surface area contributed by atoms with Gasteiger partial charge in [0.25, 0.3) is 0 Å². The lowest BCUT2D eigenvalue weighted by molar-refractivity contribution is -0.0414. The molecule has 0 bridgehead atoms. The van der Waals surface area contributed by atoms with Crippen LogP contribution in [0.25, 0.3) is 0 Å². The fraction of sp³-hybridized carbons (Fsp3) is 0.862. The van der Waals surface area contributed by atoms with E-state index in [2.05, 4.69) is 59.8 Å². The third-order valence-electron chi connectivity index (χ3n) is 10.7. The fourth-order valence-electron chi connectivity index (χ4n) is 8.68. The van der Waals surface area contributed by atoms with Gasteiger partial charge in [0.1, 0.15) is 0 Å². The maximum atomic E-state index is 10.3. The normalized spacial score (nSPS) is 45.6. The summed E-state index contributed by atoms with van der Waals surface area (Å²) >= 11 is 0. The van der Waals surface area contributed by atoms with Gasteiger partial charge in [0.05, 0.1) is 6.10 Å². The predicted molar refractivity (Wildman–Crippen MR) is 128 cm³/mol. The largest absolute Gasteiger partial charge is 0.393 e. The molecule has 4 aliphatic rings. The van der Waals surface area contributed by atoms with Crippen molar-refractivity contribution < 1.29 is 5.11 Å². The van der Waals surface area contributed by atoms with E-state index in [9.17, 15) is 5.11 Å². The zero-order valence-electron chi connectivity index (χ0n) is 20.7. The maximum Gasteiger partial charge on any atom is 0.0543 e.